The molecule has 1 saturated carbocycles. The average molecular weight is 447 g/mol. The lowest BCUT2D eigenvalue weighted by Crippen LogP contribution is -2.46. The highest BCUT2D eigenvalue weighted by molar-refractivity contribution is 6.06. The number of anilines is 1. The monoisotopic (exact) mass is 446 g/mol. The number of H-pyrrole nitrogens is 1. The van der Waals surface area contributed by atoms with Crippen molar-refractivity contribution in [2.75, 3.05) is 25.0 Å². The number of rotatable bonds is 6. The van der Waals surface area contributed by atoms with Gasteiger partial charge in [-0.15, -0.1) is 6.58 Å². The van der Waals surface area contributed by atoms with Crippen molar-refractivity contribution in [3.05, 3.63) is 64.6 Å². The smallest absolute Gasteiger partial charge is 0.275 e. The van der Waals surface area contributed by atoms with Crippen LogP contribution in [0.4, 0.5) is 5.82 Å². The van der Waals surface area contributed by atoms with E-state index in [4.69, 9.17) is 4.98 Å². The third kappa shape index (κ3) is 4.05. The zero-order valence-electron chi connectivity index (χ0n) is 19.3. The van der Waals surface area contributed by atoms with Crippen molar-refractivity contribution in [3.63, 3.8) is 0 Å². The number of hydrogen-bond donors (Lipinski definition) is 1. The minimum absolute atomic E-state index is 0.0650. The number of carbonyl (C=O) groups excluding carboxylic acids is 1. The lowest BCUT2D eigenvalue weighted by Gasteiger charge is -2.37. The van der Waals surface area contributed by atoms with E-state index >= 15 is 0 Å². The highest BCUT2D eigenvalue weighted by Gasteiger charge is 2.30. The molecule has 1 amide bonds. The van der Waals surface area contributed by atoms with Crippen molar-refractivity contribution in [2.24, 2.45) is 0 Å². The van der Waals surface area contributed by atoms with Gasteiger partial charge in [-0.2, -0.15) is 0 Å². The fraction of sp³-hybridized carbons (Fsp3) is 0.440. The van der Waals surface area contributed by atoms with Crippen LogP contribution in [0, 0.1) is 6.92 Å². The Morgan fingerprint density at radius 2 is 2.03 bits per heavy atom. The van der Waals surface area contributed by atoms with Gasteiger partial charge in [0.05, 0.1) is 5.56 Å². The van der Waals surface area contributed by atoms with Gasteiger partial charge >= 0.3 is 0 Å². The Hall–Kier alpha value is -3.42. The molecule has 3 aromatic rings. The number of amides is 1. The summed E-state index contributed by atoms with van der Waals surface area (Å²) in [5.41, 5.74) is 1.87. The van der Waals surface area contributed by atoms with Gasteiger partial charge in [-0.1, -0.05) is 6.08 Å². The van der Waals surface area contributed by atoms with Crippen LogP contribution in [0.2, 0.25) is 0 Å². The molecule has 0 aromatic carbocycles. The summed E-state index contributed by atoms with van der Waals surface area (Å²) in [7, 11) is 1.87. The SMILES string of the molecule is C=CCn1cc(C(=O)N(C)C2CCN(c3cc(C)nc(C4CC4)n3)CC2)c2cc[nH]c2c1=O. The van der Waals surface area contributed by atoms with Crippen LogP contribution in [0.15, 0.2) is 42.0 Å². The van der Waals surface area contributed by atoms with Crippen LogP contribution in [0.1, 0.15) is 53.5 Å². The molecule has 33 heavy (non-hydrogen) atoms. The molecule has 5 rings (SSSR count). The van der Waals surface area contributed by atoms with E-state index in [1.807, 2.05) is 18.9 Å². The normalized spacial score (nSPS) is 16.8. The van der Waals surface area contributed by atoms with Crippen molar-refractivity contribution in [1.82, 2.24) is 24.4 Å². The number of fused-ring (bicyclic) bond motifs is 1. The molecule has 8 nitrogen and oxygen atoms in total. The summed E-state index contributed by atoms with van der Waals surface area (Å²) in [6, 6.07) is 3.99. The third-order valence-corrected chi connectivity index (χ3v) is 6.81. The number of aromatic nitrogens is 4. The number of carbonyl (C=O) groups is 1. The molecule has 4 heterocycles. The Morgan fingerprint density at radius 3 is 2.73 bits per heavy atom. The van der Waals surface area contributed by atoms with E-state index in [2.05, 4.69) is 27.5 Å². The molecule has 3 aromatic heterocycles. The van der Waals surface area contributed by atoms with Gasteiger partial charge in [0.25, 0.3) is 11.5 Å². The molecule has 8 heteroatoms. The Kier molecular flexibility index (Phi) is 5.52. The molecule has 2 fully saturated rings. The summed E-state index contributed by atoms with van der Waals surface area (Å²) < 4.78 is 1.53. The number of aromatic amines is 1. The van der Waals surface area contributed by atoms with Crippen LogP contribution < -0.4 is 10.5 Å². The standard InChI is InChI=1S/C25H30N6O2/c1-4-11-31-15-20(19-7-10-26-22(19)25(31)33)24(32)29(3)18-8-12-30(13-9-18)21-14-16(2)27-23(28-21)17-5-6-17/h4,7,10,14-15,17-18,26H,1,5-6,8-9,11-13H2,2-3H3. The van der Waals surface area contributed by atoms with Crippen LogP contribution in [-0.2, 0) is 6.54 Å². The highest BCUT2D eigenvalue weighted by Crippen LogP contribution is 2.38. The first kappa shape index (κ1) is 21.4. The van der Waals surface area contributed by atoms with E-state index < -0.39 is 0 Å². The molecular formula is C25H30N6O2. The Bertz CT molecular complexity index is 1260. The largest absolute Gasteiger partial charge is 0.357 e. The van der Waals surface area contributed by atoms with Crippen LogP contribution in [0.25, 0.3) is 10.9 Å². The Balaban J connectivity index is 1.32. The average Bonchev–Trinajstić information content (AvgIpc) is 3.56. The maximum absolute atomic E-state index is 13.5. The van der Waals surface area contributed by atoms with Gasteiger partial charge in [0, 0.05) is 68.2 Å². The number of pyridine rings is 1. The van der Waals surface area contributed by atoms with E-state index in [0.29, 0.717) is 28.9 Å². The van der Waals surface area contributed by atoms with E-state index in [1.165, 1.54) is 17.4 Å². The molecule has 1 N–H and O–H groups in total. The van der Waals surface area contributed by atoms with Crippen LogP contribution >= 0.6 is 0 Å². The van der Waals surface area contributed by atoms with Crippen LogP contribution in [0.3, 0.4) is 0 Å². The topological polar surface area (TPSA) is 87.1 Å². The zero-order chi connectivity index (χ0) is 23.1. The van der Waals surface area contributed by atoms with Gasteiger partial charge in [-0.25, -0.2) is 9.97 Å². The number of nitrogens with one attached hydrogen (secondary N) is 1. The molecule has 172 valence electrons. The quantitative estimate of drug-likeness (QED) is 0.588. The maximum atomic E-state index is 13.5. The minimum Gasteiger partial charge on any atom is -0.357 e. The van der Waals surface area contributed by atoms with Gasteiger partial charge in [-0.3, -0.25) is 9.59 Å². The van der Waals surface area contributed by atoms with Gasteiger partial charge < -0.3 is 19.4 Å². The minimum atomic E-state index is -0.145. The second-order valence-corrected chi connectivity index (χ2v) is 9.19. The number of nitrogens with zero attached hydrogens (tertiary/aromatic N) is 5. The van der Waals surface area contributed by atoms with E-state index in [0.717, 1.165) is 43.3 Å². The molecule has 1 saturated heterocycles. The molecule has 1 aliphatic heterocycles. The summed E-state index contributed by atoms with van der Waals surface area (Å²) in [6.45, 7) is 7.81. The predicted molar refractivity (Wildman–Crippen MR) is 129 cm³/mol. The first-order valence-corrected chi connectivity index (χ1v) is 11.7. The molecule has 1 aliphatic carbocycles. The maximum Gasteiger partial charge on any atom is 0.275 e. The number of allylic oxidation sites excluding steroid dienone is 1. The van der Waals surface area contributed by atoms with Crippen molar-refractivity contribution in [2.45, 2.75) is 51.1 Å². The van der Waals surface area contributed by atoms with Crippen LogP contribution in [-0.4, -0.2) is 56.5 Å². The van der Waals surface area contributed by atoms with Crippen molar-refractivity contribution >= 4 is 22.6 Å². The van der Waals surface area contributed by atoms with Gasteiger partial charge in [0.15, 0.2) is 0 Å². The van der Waals surface area contributed by atoms with E-state index in [9.17, 15) is 9.59 Å². The summed E-state index contributed by atoms with van der Waals surface area (Å²) in [4.78, 5) is 42.7. The van der Waals surface area contributed by atoms with Crippen LogP contribution in [0.5, 0.6) is 0 Å². The Labute approximate surface area is 192 Å². The summed E-state index contributed by atoms with van der Waals surface area (Å²) in [6.07, 6.45) is 9.14. The van der Waals surface area contributed by atoms with E-state index in [-0.39, 0.29) is 17.5 Å². The molecule has 0 bridgehead atoms. The highest BCUT2D eigenvalue weighted by atomic mass is 16.2. The zero-order valence-corrected chi connectivity index (χ0v) is 19.3. The molecule has 0 atom stereocenters. The number of piperidine rings is 1. The molecule has 0 spiro atoms. The number of hydrogen-bond acceptors (Lipinski definition) is 5. The first-order chi connectivity index (χ1) is 16.0. The van der Waals surface area contributed by atoms with Crippen molar-refractivity contribution < 1.29 is 4.79 Å². The lowest BCUT2D eigenvalue weighted by molar-refractivity contribution is 0.0710. The second-order valence-electron chi connectivity index (χ2n) is 9.19. The summed E-state index contributed by atoms with van der Waals surface area (Å²) in [5, 5.41) is 0.665. The molecule has 0 unspecified atom stereocenters. The third-order valence-electron chi connectivity index (χ3n) is 6.81. The van der Waals surface area contributed by atoms with Crippen molar-refractivity contribution in [1.29, 1.82) is 0 Å². The van der Waals surface area contributed by atoms with Gasteiger partial charge in [0.2, 0.25) is 0 Å². The Morgan fingerprint density at radius 1 is 1.27 bits per heavy atom. The predicted octanol–water partition coefficient (Wildman–Crippen LogP) is 3.23. The number of aryl methyl sites for hydroxylation is 1. The van der Waals surface area contributed by atoms with E-state index in [1.54, 1.807) is 24.5 Å². The second kappa shape index (κ2) is 8.50. The fourth-order valence-corrected chi connectivity index (χ4v) is 4.74. The summed E-state index contributed by atoms with van der Waals surface area (Å²) >= 11 is 0. The molecular weight excluding hydrogens is 416 g/mol. The lowest BCUT2D eigenvalue weighted by atomic mass is 10.0. The molecule has 0 radical (unpaired) electrons. The van der Waals surface area contributed by atoms with Gasteiger partial charge in [-0.05, 0) is 38.7 Å². The van der Waals surface area contributed by atoms with Crippen molar-refractivity contribution in [3.8, 4) is 0 Å². The first-order valence-electron chi connectivity index (χ1n) is 11.7. The molecule has 2 aliphatic rings. The summed E-state index contributed by atoms with van der Waals surface area (Å²) in [5.74, 6) is 2.44. The fourth-order valence-electron chi connectivity index (χ4n) is 4.74. The van der Waals surface area contributed by atoms with Gasteiger partial charge in [0.1, 0.15) is 17.2 Å².